The number of benzene rings is 2. The molecule has 31 heavy (non-hydrogen) atoms. The molecule has 0 spiro atoms. The van der Waals surface area contributed by atoms with Gasteiger partial charge >= 0.3 is 0 Å². The first-order valence-corrected chi connectivity index (χ1v) is 11.3. The van der Waals surface area contributed by atoms with E-state index in [1.165, 1.54) is 28.6 Å². The van der Waals surface area contributed by atoms with E-state index in [9.17, 15) is 13.2 Å². The summed E-state index contributed by atoms with van der Waals surface area (Å²) in [6, 6.07) is 13.3. The first kappa shape index (κ1) is 22.6. The van der Waals surface area contributed by atoms with Crippen LogP contribution in [0.2, 0.25) is 0 Å². The van der Waals surface area contributed by atoms with Crippen LogP contribution in [0.25, 0.3) is 0 Å². The van der Waals surface area contributed by atoms with E-state index in [1.807, 2.05) is 18.2 Å². The summed E-state index contributed by atoms with van der Waals surface area (Å²) in [5, 5.41) is 11.8. The zero-order valence-electron chi connectivity index (χ0n) is 17.5. The second-order valence-electron chi connectivity index (χ2n) is 7.22. The van der Waals surface area contributed by atoms with Crippen molar-refractivity contribution in [3.8, 4) is 17.6 Å². The number of nitrogens with one attached hydrogen (secondary N) is 1. The van der Waals surface area contributed by atoms with E-state index < -0.39 is 10.0 Å². The molecule has 0 aromatic heterocycles. The quantitative estimate of drug-likeness (QED) is 0.703. The van der Waals surface area contributed by atoms with Gasteiger partial charge in [-0.3, -0.25) is 4.79 Å². The smallest absolute Gasteiger partial charge is 0.243 e. The maximum absolute atomic E-state index is 12.8. The third-order valence-electron chi connectivity index (χ3n) is 5.36. The molecule has 1 aliphatic heterocycles. The lowest BCUT2D eigenvalue weighted by atomic mass is 9.97. The molecule has 1 amide bonds. The Kier molecular flexibility index (Phi) is 7.15. The second-order valence-corrected chi connectivity index (χ2v) is 9.16. The predicted octanol–water partition coefficient (Wildman–Crippen LogP) is 2.29. The van der Waals surface area contributed by atoms with Crippen LogP contribution < -0.4 is 14.8 Å². The number of nitrogens with zero attached hydrogens (tertiary/aromatic N) is 2. The van der Waals surface area contributed by atoms with Crippen molar-refractivity contribution < 1.29 is 22.7 Å². The molecule has 2 aromatic rings. The van der Waals surface area contributed by atoms with Crippen molar-refractivity contribution in [3.05, 3.63) is 53.6 Å². The van der Waals surface area contributed by atoms with Gasteiger partial charge in [0.2, 0.25) is 15.9 Å². The minimum atomic E-state index is -3.64. The monoisotopic (exact) mass is 443 g/mol. The van der Waals surface area contributed by atoms with Crippen LogP contribution >= 0.6 is 0 Å². The topological polar surface area (TPSA) is 109 Å². The van der Waals surface area contributed by atoms with Crippen molar-refractivity contribution in [2.24, 2.45) is 5.92 Å². The molecular weight excluding hydrogens is 418 g/mol. The van der Waals surface area contributed by atoms with Gasteiger partial charge in [0.05, 0.1) is 30.7 Å². The molecule has 1 fully saturated rings. The van der Waals surface area contributed by atoms with Gasteiger partial charge in [0.15, 0.2) is 11.5 Å². The largest absolute Gasteiger partial charge is 0.493 e. The molecular formula is C22H25N3O5S. The molecule has 9 heteroatoms. The average Bonchev–Trinajstić information content (AvgIpc) is 2.82. The van der Waals surface area contributed by atoms with E-state index in [-0.39, 0.29) is 29.8 Å². The maximum Gasteiger partial charge on any atom is 0.243 e. The van der Waals surface area contributed by atoms with Crippen LogP contribution in [0.3, 0.4) is 0 Å². The van der Waals surface area contributed by atoms with Crippen molar-refractivity contribution in [2.45, 2.75) is 24.3 Å². The van der Waals surface area contributed by atoms with Gasteiger partial charge in [0.1, 0.15) is 0 Å². The van der Waals surface area contributed by atoms with Gasteiger partial charge in [-0.2, -0.15) is 9.57 Å². The molecule has 1 heterocycles. The van der Waals surface area contributed by atoms with Crippen LogP contribution in [0.15, 0.2) is 47.4 Å². The maximum atomic E-state index is 12.8. The summed E-state index contributed by atoms with van der Waals surface area (Å²) in [6.07, 6.45) is 0.903. The van der Waals surface area contributed by atoms with E-state index >= 15 is 0 Å². The number of piperidine rings is 1. The lowest BCUT2D eigenvalue weighted by Crippen LogP contribution is -2.42. The molecule has 1 saturated heterocycles. The summed E-state index contributed by atoms with van der Waals surface area (Å²) in [4.78, 5) is 12.7. The minimum Gasteiger partial charge on any atom is -0.493 e. The van der Waals surface area contributed by atoms with Gasteiger partial charge in [-0.05, 0) is 54.8 Å². The Balaban J connectivity index is 1.55. The number of sulfonamides is 1. The summed E-state index contributed by atoms with van der Waals surface area (Å²) in [7, 11) is -0.521. The zero-order chi connectivity index (χ0) is 22.4. The van der Waals surface area contributed by atoms with Crippen molar-refractivity contribution in [1.82, 2.24) is 9.62 Å². The van der Waals surface area contributed by atoms with Gasteiger partial charge in [-0.1, -0.05) is 6.07 Å². The van der Waals surface area contributed by atoms with Gasteiger partial charge in [-0.25, -0.2) is 8.42 Å². The summed E-state index contributed by atoms with van der Waals surface area (Å²) >= 11 is 0. The van der Waals surface area contributed by atoms with Crippen molar-refractivity contribution >= 4 is 15.9 Å². The standard InChI is InChI=1S/C22H25N3O5S/c1-29-20-8-5-17(13-21(20)30-2)15-24-22(26)18-9-11-25(12-10-18)31(27,28)19-6-3-16(14-23)4-7-19/h3-8,13,18H,9-12,15H2,1-2H3,(H,24,26). The fourth-order valence-corrected chi connectivity index (χ4v) is 5.00. The number of rotatable bonds is 7. The third-order valence-corrected chi connectivity index (χ3v) is 7.27. The molecule has 3 rings (SSSR count). The van der Waals surface area contributed by atoms with Crippen LogP contribution in [0, 0.1) is 17.2 Å². The van der Waals surface area contributed by atoms with Crippen LogP contribution in [0.4, 0.5) is 0 Å². The molecule has 0 radical (unpaired) electrons. The highest BCUT2D eigenvalue weighted by Gasteiger charge is 2.32. The molecule has 0 aliphatic carbocycles. The molecule has 0 bridgehead atoms. The highest BCUT2D eigenvalue weighted by atomic mass is 32.2. The number of carbonyl (C=O) groups excluding carboxylic acids is 1. The van der Waals surface area contributed by atoms with E-state index in [4.69, 9.17) is 14.7 Å². The normalized spacial score (nSPS) is 15.1. The number of nitriles is 1. The number of ether oxygens (including phenoxy) is 2. The van der Waals surface area contributed by atoms with Crippen LogP contribution in [0.5, 0.6) is 11.5 Å². The predicted molar refractivity (Wildman–Crippen MR) is 114 cm³/mol. The molecule has 1 N–H and O–H groups in total. The number of methoxy groups -OCH3 is 2. The summed E-state index contributed by atoms with van der Waals surface area (Å²) in [5.41, 5.74) is 1.29. The minimum absolute atomic E-state index is 0.0924. The summed E-state index contributed by atoms with van der Waals surface area (Å²) in [5.74, 6) is 0.877. The van der Waals surface area contributed by atoms with E-state index in [2.05, 4.69) is 5.32 Å². The first-order chi connectivity index (χ1) is 14.9. The van der Waals surface area contributed by atoms with Crippen LogP contribution in [-0.2, 0) is 21.4 Å². The Hall–Kier alpha value is -3.09. The molecule has 0 atom stereocenters. The highest BCUT2D eigenvalue weighted by Crippen LogP contribution is 2.28. The fraction of sp³-hybridized carbons (Fsp3) is 0.364. The lowest BCUT2D eigenvalue weighted by molar-refractivity contribution is -0.126. The Labute approximate surface area is 182 Å². The SMILES string of the molecule is COc1ccc(CNC(=O)C2CCN(S(=O)(=O)c3ccc(C#N)cc3)CC2)cc1OC. The Bertz CT molecular complexity index is 1070. The molecule has 8 nitrogen and oxygen atoms in total. The van der Waals surface area contributed by atoms with Gasteiger partial charge in [0, 0.05) is 25.6 Å². The Morgan fingerprint density at radius 2 is 1.74 bits per heavy atom. The summed E-state index contributed by atoms with van der Waals surface area (Å²) in [6.45, 7) is 0.899. The van der Waals surface area contributed by atoms with E-state index in [0.29, 0.717) is 36.4 Å². The Morgan fingerprint density at radius 1 is 1.10 bits per heavy atom. The Morgan fingerprint density at radius 3 is 2.32 bits per heavy atom. The van der Waals surface area contributed by atoms with Crippen molar-refractivity contribution in [2.75, 3.05) is 27.3 Å². The van der Waals surface area contributed by atoms with Gasteiger partial charge < -0.3 is 14.8 Å². The summed E-state index contributed by atoms with van der Waals surface area (Å²) < 4.78 is 37.5. The van der Waals surface area contributed by atoms with Crippen LogP contribution in [0.1, 0.15) is 24.0 Å². The number of carbonyl (C=O) groups is 1. The lowest BCUT2D eigenvalue weighted by Gasteiger charge is -2.30. The highest BCUT2D eigenvalue weighted by molar-refractivity contribution is 7.89. The number of hydrogen-bond acceptors (Lipinski definition) is 6. The molecule has 0 unspecified atom stereocenters. The molecule has 164 valence electrons. The zero-order valence-corrected chi connectivity index (χ0v) is 18.3. The molecule has 1 aliphatic rings. The van der Waals surface area contributed by atoms with Gasteiger partial charge in [-0.15, -0.1) is 0 Å². The number of amides is 1. The molecule has 0 saturated carbocycles. The van der Waals surface area contributed by atoms with E-state index in [0.717, 1.165) is 5.56 Å². The van der Waals surface area contributed by atoms with Crippen molar-refractivity contribution in [1.29, 1.82) is 5.26 Å². The fourth-order valence-electron chi connectivity index (χ4n) is 3.53. The van der Waals surface area contributed by atoms with Crippen molar-refractivity contribution in [3.63, 3.8) is 0 Å². The number of hydrogen-bond donors (Lipinski definition) is 1. The first-order valence-electron chi connectivity index (χ1n) is 9.88. The van der Waals surface area contributed by atoms with Gasteiger partial charge in [0.25, 0.3) is 0 Å². The molecule has 2 aromatic carbocycles. The van der Waals surface area contributed by atoms with E-state index in [1.54, 1.807) is 20.3 Å². The second kappa shape index (κ2) is 9.81. The average molecular weight is 444 g/mol. The van der Waals surface area contributed by atoms with Crippen LogP contribution in [-0.4, -0.2) is 45.9 Å². The third kappa shape index (κ3) is 5.16.